The number of halogens is 3. The Morgan fingerprint density at radius 3 is 2.68 bits per heavy atom. The molecule has 136 valence electrons. The molecule has 1 aromatic heterocycles. The number of carbonyl (C=O) groups excluding carboxylic acids is 1. The molecule has 2 rings (SSSR count). The Bertz CT molecular complexity index is 716. The summed E-state index contributed by atoms with van der Waals surface area (Å²) in [6.45, 7) is 3.51. The Morgan fingerprint density at radius 1 is 1.36 bits per heavy atom. The Morgan fingerprint density at radius 2 is 2.08 bits per heavy atom. The normalized spacial score (nSPS) is 12.7. The Labute approximate surface area is 142 Å². The number of benzene rings is 1. The van der Waals surface area contributed by atoms with Gasteiger partial charge in [0.25, 0.3) is 0 Å². The van der Waals surface area contributed by atoms with Gasteiger partial charge < -0.3 is 19.9 Å². The van der Waals surface area contributed by atoms with Crippen LogP contribution in [-0.4, -0.2) is 23.5 Å². The van der Waals surface area contributed by atoms with Crippen molar-refractivity contribution in [2.45, 2.75) is 39.2 Å². The van der Waals surface area contributed by atoms with Crippen LogP contribution >= 0.6 is 0 Å². The van der Waals surface area contributed by atoms with Crippen molar-refractivity contribution in [3.63, 3.8) is 0 Å². The first kappa shape index (κ1) is 18.8. The van der Waals surface area contributed by atoms with Gasteiger partial charge in [0.15, 0.2) is 5.82 Å². The summed E-state index contributed by atoms with van der Waals surface area (Å²) in [6.07, 6.45) is -4.34. The van der Waals surface area contributed by atoms with E-state index in [4.69, 9.17) is 4.52 Å². The summed E-state index contributed by atoms with van der Waals surface area (Å²) >= 11 is 0. The molecule has 0 aliphatic rings. The number of ether oxygens (including phenoxy) is 1. The summed E-state index contributed by atoms with van der Waals surface area (Å²) in [4.78, 5) is 12.2. The second-order valence-corrected chi connectivity index (χ2v) is 5.31. The minimum atomic E-state index is -4.78. The molecule has 0 aliphatic heterocycles. The van der Waals surface area contributed by atoms with E-state index < -0.39 is 12.4 Å². The molecule has 0 saturated carbocycles. The van der Waals surface area contributed by atoms with Gasteiger partial charge in [-0.1, -0.05) is 30.3 Å². The van der Waals surface area contributed by atoms with E-state index >= 15 is 0 Å². The summed E-state index contributed by atoms with van der Waals surface area (Å²) in [7, 11) is 0. The number of aromatic nitrogens is 1. The van der Waals surface area contributed by atoms with Crippen LogP contribution in [0.3, 0.4) is 0 Å². The number of amides is 1. The predicted octanol–water partition coefficient (Wildman–Crippen LogP) is 3.39. The smallest absolute Gasteiger partial charge is 0.405 e. The van der Waals surface area contributed by atoms with E-state index in [1.165, 1.54) is 18.2 Å². The number of aryl methyl sites for hydroxylation is 1. The minimum absolute atomic E-state index is 0.0377. The molecule has 1 aromatic carbocycles. The fraction of sp³-hybridized carbons (Fsp3) is 0.375. The van der Waals surface area contributed by atoms with Gasteiger partial charge in [0.05, 0.1) is 6.04 Å². The van der Waals surface area contributed by atoms with Gasteiger partial charge in [0.2, 0.25) is 5.91 Å². The van der Waals surface area contributed by atoms with E-state index in [1.807, 2.05) is 0 Å². The highest BCUT2D eigenvalue weighted by Crippen LogP contribution is 2.26. The number of nitrogens with zero attached hydrogens (tertiary/aromatic N) is 1. The number of hydrogen-bond acceptors (Lipinski definition) is 5. The quantitative estimate of drug-likeness (QED) is 0.794. The highest BCUT2D eigenvalue weighted by molar-refractivity contribution is 5.93. The van der Waals surface area contributed by atoms with Crippen LogP contribution < -0.4 is 15.4 Å². The molecule has 0 radical (unpaired) electrons. The zero-order valence-corrected chi connectivity index (χ0v) is 13.7. The van der Waals surface area contributed by atoms with Crippen LogP contribution in [0.1, 0.15) is 24.7 Å². The lowest BCUT2D eigenvalue weighted by Crippen LogP contribution is -2.39. The molecule has 0 unspecified atom stereocenters. The van der Waals surface area contributed by atoms with Crippen molar-refractivity contribution in [2.24, 2.45) is 0 Å². The van der Waals surface area contributed by atoms with Crippen molar-refractivity contribution in [3.05, 3.63) is 41.7 Å². The molecule has 0 spiro atoms. The van der Waals surface area contributed by atoms with E-state index in [0.717, 1.165) is 0 Å². The molecule has 1 atom stereocenters. The van der Waals surface area contributed by atoms with Crippen molar-refractivity contribution in [3.8, 4) is 5.75 Å². The van der Waals surface area contributed by atoms with Crippen LogP contribution in [0.4, 0.5) is 19.0 Å². The van der Waals surface area contributed by atoms with Crippen molar-refractivity contribution in [1.29, 1.82) is 0 Å². The van der Waals surface area contributed by atoms with Crippen LogP contribution in [0.15, 0.2) is 34.9 Å². The molecule has 2 aromatic rings. The minimum Gasteiger partial charge on any atom is -0.405 e. The molecule has 6 nitrogen and oxygen atoms in total. The van der Waals surface area contributed by atoms with Gasteiger partial charge in [-0.3, -0.25) is 4.79 Å². The average Bonchev–Trinajstić information content (AvgIpc) is 2.93. The van der Waals surface area contributed by atoms with Crippen LogP contribution in [0.2, 0.25) is 0 Å². The summed E-state index contributed by atoms with van der Waals surface area (Å²) in [5.41, 5.74) is 0.295. The van der Waals surface area contributed by atoms with Crippen LogP contribution in [0.25, 0.3) is 0 Å². The van der Waals surface area contributed by atoms with E-state index in [1.54, 1.807) is 26.0 Å². The number of para-hydroxylation sites is 1. The Hall–Kier alpha value is -2.55. The molecule has 2 N–H and O–H groups in total. The second kappa shape index (κ2) is 8.02. The fourth-order valence-corrected chi connectivity index (χ4v) is 2.17. The lowest BCUT2D eigenvalue weighted by Gasteiger charge is -2.18. The largest absolute Gasteiger partial charge is 0.573 e. The molecule has 0 bridgehead atoms. The first-order chi connectivity index (χ1) is 11.8. The van der Waals surface area contributed by atoms with Gasteiger partial charge in [-0.25, -0.2) is 0 Å². The molecule has 0 saturated heterocycles. The van der Waals surface area contributed by atoms with E-state index in [9.17, 15) is 18.0 Å². The standard InChI is InChI=1S/C16H18F3N3O3/c1-3-12(15(23)21-14-8-10(2)25-22-14)20-9-11-6-4-5-7-13(11)24-16(17,18)19/h4-8,12,20H,3,9H2,1-2H3,(H,21,22,23)/t12-/m1/s1. The number of hydrogen-bond donors (Lipinski definition) is 2. The van der Waals surface area contributed by atoms with Gasteiger partial charge in [0.1, 0.15) is 11.5 Å². The van der Waals surface area contributed by atoms with Crippen LogP contribution in [0.5, 0.6) is 5.75 Å². The highest BCUT2D eigenvalue weighted by atomic mass is 19.4. The van der Waals surface area contributed by atoms with E-state index in [-0.39, 0.29) is 24.0 Å². The van der Waals surface area contributed by atoms with Gasteiger partial charge >= 0.3 is 6.36 Å². The van der Waals surface area contributed by atoms with Crippen LogP contribution in [-0.2, 0) is 11.3 Å². The molecule has 0 aliphatic carbocycles. The number of anilines is 1. The maximum Gasteiger partial charge on any atom is 0.573 e. The van der Waals surface area contributed by atoms with Gasteiger partial charge in [0, 0.05) is 18.2 Å². The van der Waals surface area contributed by atoms with E-state index in [2.05, 4.69) is 20.5 Å². The summed E-state index contributed by atoms with van der Waals surface area (Å²) in [5.74, 6) is 0.174. The van der Waals surface area contributed by atoms with Gasteiger partial charge in [-0.05, 0) is 19.4 Å². The maximum atomic E-state index is 12.4. The lowest BCUT2D eigenvalue weighted by atomic mass is 10.1. The molecule has 25 heavy (non-hydrogen) atoms. The number of rotatable bonds is 7. The zero-order chi connectivity index (χ0) is 18.4. The zero-order valence-electron chi connectivity index (χ0n) is 13.7. The number of nitrogens with one attached hydrogen (secondary N) is 2. The third-order valence-corrected chi connectivity index (χ3v) is 3.34. The summed E-state index contributed by atoms with van der Waals surface area (Å²) in [5, 5.41) is 9.17. The molecular weight excluding hydrogens is 339 g/mol. The summed E-state index contributed by atoms with van der Waals surface area (Å²) in [6, 6.07) is 6.72. The highest BCUT2D eigenvalue weighted by Gasteiger charge is 2.32. The van der Waals surface area contributed by atoms with Gasteiger partial charge in [-0.15, -0.1) is 13.2 Å². The maximum absolute atomic E-state index is 12.4. The molecule has 1 amide bonds. The molecule has 9 heteroatoms. The number of alkyl halides is 3. The molecule has 1 heterocycles. The third-order valence-electron chi connectivity index (χ3n) is 3.34. The Kier molecular flexibility index (Phi) is 6.02. The van der Waals surface area contributed by atoms with E-state index in [0.29, 0.717) is 17.7 Å². The average molecular weight is 357 g/mol. The second-order valence-electron chi connectivity index (χ2n) is 5.31. The van der Waals surface area contributed by atoms with Crippen molar-refractivity contribution >= 4 is 11.7 Å². The van der Waals surface area contributed by atoms with Crippen molar-refractivity contribution < 1.29 is 27.2 Å². The van der Waals surface area contributed by atoms with Crippen molar-refractivity contribution in [1.82, 2.24) is 10.5 Å². The fourth-order valence-electron chi connectivity index (χ4n) is 2.17. The van der Waals surface area contributed by atoms with Gasteiger partial charge in [-0.2, -0.15) is 0 Å². The topological polar surface area (TPSA) is 76.4 Å². The first-order valence-electron chi connectivity index (χ1n) is 7.59. The predicted molar refractivity (Wildman–Crippen MR) is 83.9 cm³/mol. The SMILES string of the molecule is CC[C@@H](NCc1ccccc1OC(F)(F)F)C(=O)Nc1cc(C)on1. The monoisotopic (exact) mass is 357 g/mol. The van der Waals surface area contributed by atoms with Crippen LogP contribution in [0, 0.1) is 6.92 Å². The first-order valence-corrected chi connectivity index (χ1v) is 7.59. The summed E-state index contributed by atoms with van der Waals surface area (Å²) < 4.78 is 46.2. The lowest BCUT2D eigenvalue weighted by molar-refractivity contribution is -0.274. The molecular formula is C16H18F3N3O3. The third kappa shape index (κ3) is 5.79. The molecule has 0 fully saturated rings. The Balaban J connectivity index is 1.99. The van der Waals surface area contributed by atoms with Crippen molar-refractivity contribution in [2.75, 3.05) is 5.32 Å². The number of carbonyl (C=O) groups is 1.